The summed E-state index contributed by atoms with van der Waals surface area (Å²) < 4.78 is 23.4. The Morgan fingerprint density at radius 1 is 1.44 bits per heavy atom. The number of ether oxygens (including phenoxy) is 2. The van der Waals surface area contributed by atoms with Crippen molar-refractivity contribution in [3.63, 3.8) is 0 Å². The molecule has 0 spiro atoms. The highest BCUT2D eigenvalue weighted by Gasteiger charge is 2.20. The van der Waals surface area contributed by atoms with Gasteiger partial charge in [-0.1, -0.05) is 0 Å². The van der Waals surface area contributed by atoms with Crippen molar-refractivity contribution >= 4 is 5.97 Å². The fourth-order valence-electron chi connectivity index (χ4n) is 1.86. The van der Waals surface area contributed by atoms with Crippen LogP contribution in [0.25, 0.3) is 0 Å². The van der Waals surface area contributed by atoms with Crippen LogP contribution in [-0.2, 0) is 11.2 Å². The molecule has 0 saturated heterocycles. The Morgan fingerprint density at radius 3 is 3.00 bits per heavy atom. The lowest BCUT2D eigenvalue weighted by Gasteiger charge is -2.11. The molecule has 0 N–H and O–H groups in total. The van der Waals surface area contributed by atoms with Crippen LogP contribution in [0.1, 0.15) is 28.8 Å². The van der Waals surface area contributed by atoms with Crippen LogP contribution in [0.15, 0.2) is 12.1 Å². The van der Waals surface area contributed by atoms with Crippen molar-refractivity contribution < 1.29 is 18.7 Å². The van der Waals surface area contributed by atoms with E-state index < -0.39 is 11.8 Å². The number of benzene rings is 1. The smallest absolute Gasteiger partial charge is 0.341 e. The minimum Gasteiger partial charge on any atom is -0.492 e. The van der Waals surface area contributed by atoms with Gasteiger partial charge in [-0.05, 0) is 37.0 Å². The molecule has 0 radical (unpaired) electrons. The first-order valence-corrected chi connectivity index (χ1v) is 5.26. The number of methoxy groups -OCH3 is 1. The summed E-state index contributed by atoms with van der Waals surface area (Å²) in [5.41, 5.74) is 0.928. The van der Waals surface area contributed by atoms with Gasteiger partial charge in [-0.2, -0.15) is 0 Å². The number of carbonyl (C=O) groups is 1. The quantitative estimate of drug-likeness (QED) is 0.687. The van der Waals surface area contributed by atoms with Crippen LogP contribution >= 0.6 is 0 Å². The monoisotopic (exact) mass is 224 g/mol. The maximum atomic E-state index is 13.3. The zero-order valence-corrected chi connectivity index (χ0v) is 9.09. The van der Waals surface area contributed by atoms with Gasteiger partial charge in [0.2, 0.25) is 0 Å². The molecular weight excluding hydrogens is 211 g/mol. The molecule has 1 aromatic carbocycles. The third-order valence-corrected chi connectivity index (χ3v) is 2.62. The van der Waals surface area contributed by atoms with Crippen LogP contribution in [0, 0.1) is 5.82 Å². The zero-order chi connectivity index (χ0) is 11.5. The van der Waals surface area contributed by atoms with E-state index in [4.69, 9.17) is 4.74 Å². The Bertz CT molecular complexity index is 415. The molecule has 0 aromatic heterocycles. The Balaban J connectivity index is 2.50. The van der Waals surface area contributed by atoms with Crippen molar-refractivity contribution in [2.75, 3.05) is 13.7 Å². The second kappa shape index (κ2) is 4.51. The normalized spacial score (nSPS) is 14.6. The van der Waals surface area contributed by atoms with Gasteiger partial charge >= 0.3 is 5.97 Å². The Hall–Kier alpha value is -1.58. The topological polar surface area (TPSA) is 35.5 Å². The number of fused-ring (bicyclic) bond motifs is 1. The van der Waals surface area contributed by atoms with E-state index in [0.717, 1.165) is 30.9 Å². The number of aryl methyl sites for hydroxylation is 1. The van der Waals surface area contributed by atoms with E-state index in [2.05, 4.69) is 4.74 Å². The highest BCUT2D eigenvalue weighted by atomic mass is 19.1. The molecule has 0 saturated carbocycles. The molecule has 0 unspecified atom stereocenters. The van der Waals surface area contributed by atoms with Crippen LogP contribution in [-0.4, -0.2) is 19.7 Å². The van der Waals surface area contributed by atoms with Crippen LogP contribution in [0.4, 0.5) is 4.39 Å². The predicted molar refractivity (Wildman–Crippen MR) is 56.2 cm³/mol. The summed E-state index contributed by atoms with van der Waals surface area (Å²) in [5.74, 6) is -0.506. The van der Waals surface area contributed by atoms with Gasteiger partial charge in [0, 0.05) is 0 Å². The molecule has 1 aromatic rings. The van der Waals surface area contributed by atoms with E-state index >= 15 is 0 Å². The third-order valence-electron chi connectivity index (χ3n) is 2.62. The molecule has 0 bridgehead atoms. The summed E-state index contributed by atoms with van der Waals surface area (Å²) in [7, 11) is 1.27. The summed E-state index contributed by atoms with van der Waals surface area (Å²) in [4.78, 5) is 11.5. The van der Waals surface area contributed by atoms with E-state index in [1.807, 2.05) is 0 Å². The SMILES string of the molecule is COC(=O)c1cc(F)cc2c1OCCCC2. The highest BCUT2D eigenvalue weighted by molar-refractivity contribution is 5.93. The first kappa shape index (κ1) is 10.9. The van der Waals surface area contributed by atoms with Crippen molar-refractivity contribution in [3.8, 4) is 5.75 Å². The molecule has 4 heteroatoms. The lowest BCUT2D eigenvalue weighted by molar-refractivity contribution is 0.0595. The molecular formula is C12H13FO3. The van der Waals surface area contributed by atoms with E-state index in [1.165, 1.54) is 13.2 Å². The molecule has 2 rings (SSSR count). The van der Waals surface area contributed by atoms with Crippen LogP contribution in [0.5, 0.6) is 5.75 Å². The Kier molecular flexibility index (Phi) is 3.08. The number of halogens is 1. The van der Waals surface area contributed by atoms with Gasteiger partial charge in [0.15, 0.2) is 0 Å². The molecule has 0 amide bonds. The van der Waals surface area contributed by atoms with Crippen molar-refractivity contribution in [3.05, 3.63) is 29.1 Å². The van der Waals surface area contributed by atoms with Gasteiger partial charge in [-0.3, -0.25) is 0 Å². The van der Waals surface area contributed by atoms with Gasteiger partial charge in [0.05, 0.1) is 13.7 Å². The molecule has 1 heterocycles. The predicted octanol–water partition coefficient (Wildman–Crippen LogP) is 2.33. The van der Waals surface area contributed by atoms with Gasteiger partial charge < -0.3 is 9.47 Å². The molecule has 16 heavy (non-hydrogen) atoms. The number of hydrogen-bond donors (Lipinski definition) is 0. The summed E-state index contributed by atoms with van der Waals surface area (Å²) in [5, 5.41) is 0. The van der Waals surface area contributed by atoms with Crippen molar-refractivity contribution in [1.82, 2.24) is 0 Å². The molecule has 0 aliphatic carbocycles. The van der Waals surface area contributed by atoms with Gasteiger partial charge in [-0.15, -0.1) is 0 Å². The Morgan fingerprint density at radius 2 is 2.25 bits per heavy atom. The van der Waals surface area contributed by atoms with Gasteiger partial charge in [-0.25, -0.2) is 9.18 Å². The molecule has 0 atom stereocenters. The fourth-order valence-corrected chi connectivity index (χ4v) is 1.86. The standard InChI is InChI=1S/C12H13FO3/c1-15-12(14)10-7-9(13)6-8-4-2-3-5-16-11(8)10/h6-7H,2-5H2,1H3. The van der Waals surface area contributed by atoms with Crippen molar-refractivity contribution in [1.29, 1.82) is 0 Å². The third kappa shape index (κ3) is 2.01. The second-order valence-corrected chi connectivity index (χ2v) is 3.74. The lowest BCUT2D eigenvalue weighted by atomic mass is 10.0. The minimum atomic E-state index is -0.558. The van der Waals surface area contributed by atoms with Gasteiger partial charge in [0.1, 0.15) is 17.1 Å². The summed E-state index contributed by atoms with van der Waals surface area (Å²) in [6, 6.07) is 2.59. The van der Waals surface area contributed by atoms with Gasteiger partial charge in [0.25, 0.3) is 0 Å². The first-order chi connectivity index (χ1) is 7.72. The van der Waals surface area contributed by atoms with E-state index in [9.17, 15) is 9.18 Å². The molecule has 86 valence electrons. The molecule has 1 aliphatic heterocycles. The number of hydrogen-bond acceptors (Lipinski definition) is 3. The van der Waals surface area contributed by atoms with Crippen LogP contribution in [0.2, 0.25) is 0 Å². The Labute approximate surface area is 93.2 Å². The minimum absolute atomic E-state index is 0.180. The van der Waals surface area contributed by atoms with Crippen LogP contribution in [0.3, 0.4) is 0 Å². The maximum absolute atomic E-state index is 13.3. The fraction of sp³-hybridized carbons (Fsp3) is 0.417. The van der Waals surface area contributed by atoms with E-state index in [-0.39, 0.29) is 5.56 Å². The molecule has 1 aliphatic rings. The van der Waals surface area contributed by atoms with E-state index in [1.54, 1.807) is 0 Å². The largest absolute Gasteiger partial charge is 0.492 e. The lowest BCUT2D eigenvalue weighted by Crippen LogP contribution is -2.07. The van der Waals surface area contributed by atoms with Crippen molar-refractivity contribution in [2.24, 2.45) is 0 Å². The van der Waals surface area contributed by atoms with Crippen molar-refractivity contribution in [2.45, 2.75) is 19.3 Å². The zero-order valence-electron chi connectivity index (χ0n) is 9.09. The molecule has 0 fully saturated rings. The molecule has 3 nitrogen and oxygen atoms in total. The average molecular weight is 224 g/mol. The second-order valence-electron chi connectivity index (χ2n) is 3.74. The number of esters is 1. The van der Waals surface area contributed by atoms with E-state index in [0.29, 0.717) is 12.4 Å². The summed E-state index contributed by atoms with van der Waals surface area (Å²) in [6.45, 7) is 0.558. The summed E-state index contributed by atoms with van der Waals surface area (Å²) in [6.07, 6.45) is 2.59. The highest BCUT2D eigenvalue weighted by Crippen LogP contribution is 2.30. The van der Waals surface area contributed by atoms with Crippen LogP contribution < -0.4 is 4.74 Å². The first-order valence-electron chi connectivity index (χ1n) is 5.26. The average Bonchev–Trinajstić information content (AvgIpc) is 2.51. The number of carbonyl (C=O) groups excluding carboxylic acids is 1. The maximum Gasteiger partial charge on any atom is 0.341 e. The number of rotatable bonds is 1. The summed E-state index contributed by atoms with van der Waals surface area (Å²) >= 11 is 0.